The molecule has 3 aromatic rings. The molecule has 0 saturated heterocycles. The molecule has 1 nitrogen and oxygen atoms in total. The minimum absolute atomic E-state index is 0.246. The first-order valence-corrected chi connectivity index (χ1v) is 5.41. The van der Waals surface area contributed by atoms with Crippen molar-refractivity contribution in [3.63, 3.8) is 0 Å². The van der Waals surface area contributed by atoms with Gasteiger partial charge >= 0.3 is 0 Å². The van der Waals surface area contributed by atoms with Crippen LogP contribution in [0.4, 0.5) is 4.39 Å². The summed E-state index contributed by atoms with van der Waals surface area (Å²) in [7, 11) is 0. The fourth-order valence-electron chi connectivity index (χ4n) is 1.96. The van der Waals surface area contributed by atoms with Crippen molar-refractivity contribution in [3.8, 4) is 5.69 Å². The molecule has 81 valence electrons. The van der Waals surface area contributed by atoms with Crippen molar-refractivity contribution in [2.45, 2.75) is 0 Å². The van der Waals surface area contributed by atoms with Crippen molar-refractivity contribution in [3.05, 3.63) is 72.8 Å². The van der Waals surface area contributed by atoms with Crippen LogP contribution in [0.1, 0.15) is 0 Å². The van der Waals surface area contributed by atoms with Crippen molar-refractivity contribution in [2.75, 3.05) is 0 Å². The number of nitrogens with zero attached hydrogens (tertiary/aromatic N) is 1. The fraction of sp³-hybridized carbons (Fsp3) is 0. The van der Waals surface area contributed by atoms with E-state index in [4.69, 9.17) is 0 Å². The predicted octanol–water partition coefficient (Wildman–Crippen LogP) is 3.06. The van der Waals surface area contributed by atoms with E-state index in [2.05, 4.69) is 6.07 Å². The molecule has 17 heavy (non-hydrogen) atoms. The Morgan fingerprint density at radius 1 is 1.00 bits per heavy atom. The standard InChI is InChI=1S/C15H10FN/c16-13-7-4-10-17(11-13)15-9-3-6-12-5-1-2-8-14(12)15/h1-4,6-11H/q+1. The van der Waals surface area contributed by atoms with Crippen LogP contribution < -0.4 is 4.57 Å². The van der Waals surface area contributed by atoms with Gasteiger partial charge in [-0.1, -0.05) is 24.3 Å². The Labute approximate surface area is 98.8 Å². The highest BCUT2D eigenvalue weighted by Gasteiger charge is 2.10. The maximum Gasteiger partial charge on any atom is 0.218 e. The highest BCUT2D eigenvalue weighted by Crippen LogP contribution is 2.17. The SMILES string of the molecule is Fc1ccc[n+](-c2cccc3[c]cccc23)c1. The third-order valence-electron chi connectivity index (χ3n) is 2.72. The Kier molecular flexibility index (Phi) is 2.33. The molecular formula is C15H10FN+. The van der Waals surface area contributed by atoms with Gasteiger partial charge in [-0.3, -0.25) is 0 Å². The minimum Gasteiger partial charge on any atom is -0.200 e. The monoisotopic (exact) mass is 223 g/mol. The molecule has 0 amide bonds. The average molecular weight is 223 g/mol. The van der Waals surface area contributed by atoms with Crippen LogP contribution in [-0.2, 0) is 0 Å². The third kappa shape index (κ3) is 1.78. The molecule has 2 aromatic carbocycles. The topological polar surface area (TPSA) is 3.88 Å². The molecule has 1 heterocycles. The van der Waals surface area contributed by atoms with Crippen LogP contribution in [0.5, 0.6) is 0 Å². The first-order valence-electron chi connectivity index (χ1n) is 5.41. The Morgan fingerprint density at radius 3 is 2.82 bits per heavy atom. The Balaban J connectivity index is 2.30. The van der Waals surface area contributed by atoms with Gasteiger partial charge in [-0.2, -0.15) is 4.57 Å². The van der Waals surface area contributed by atoms with Gasteiger partial charge in [-0.15, -0.1) is 0 Å². The lowest BCUT2D eigenvalue weighted by Crippen LogP contribution is -2.30. The van der Waals surface area contributed by atoms with Crippen molar-refractivity contribution in [1.29, 1.82) is 0 Å². The Hall–Kier alpha value is -2.22. The van der Waals surface area contributed by atoms with Gasteiger partial charge < -0.3 is 0 Å². The predicted molar refractivity (Wildman–Crippen MR) is 64.3 cm³/mol. The number of pyridine rings is 1. The van der Waals surface area contributed by atoms with Gasteiger partial charge in [0, 0.05) is 12.1 Å². The van der Waals surface area contributed by atoms with Gasteiger partial charge in [0.15, 0.2) is 12.0 Å². The van der Waals surface area contributed by atoms with Crippen LogP contribution in [0.2, 0.25) is 0 Å². The summed E-state index contributed by atoms with van der Waals surface area (Å²) in [6, 6.07) is 18.0. The largest absolute Gasteiger partial charge is 0.218 e. The molecule has 0 N–H and O–H groups in total. The van der Waals surface area contributed by atoms with E-state index < -0.39 is 0 Å². The number of benzene rings is 2. The van der Waals surface area contributed by atoms with Crippen LogP contribution in [0.15, 0.2) is 60.9 Å². The summed E-state index contributed by atoms with van der Waals surface area (Å²) in [5, 5.41) is 2.09. The fourth-order valence-corrected chi connectivity index (χ4v) is 1.96. The highest BCUT2D eigenvalue weighted by molar-refractivity contribution is 5.87. The van der Waals surface area contributed by atoms with Gasteiger partial charge in [-0.05, 0) is 23.6 Å². The molecule has 0 aliphatic carbocycles. The van der Waals surface area contributed by atoms with Crippen LogP contribution in [0.25, 0.3) is 16.5 Å². The minimum atomic E-state index is -0.246. The van der Waals surface area contributed by atoms with E-state index in [0.29, 0.717) is 0 Å². The van der Waals surface area contributed by atoms with Gasteiger partial charge in [0.2, 0.25) is 11.9 Å². The first-order chi connectivity index (χ1) is 8.34. The van der Waals surface area contributed by atoms with E-state index in [1.165, 1.54) is 12.3 Å². The molecule has 0 spiro atoms. The lowest BCUT2D eigenvalue weighted by molar-refractivity contribution is -0.595. The van der Waals surface area contributed by atoms with Crippen LogP contribution >= 0.6 is 0 Å². The summed E-state index contributed by atoms with van der Waals surface area (Å²) in [6.45, 7) is 0. The molecule has 1 radical (unpaired) electrons. The summed E-state index contributed by atoms with van der Waals surface area (Å²) < 4.78 is 15.0. The molecule has 0 atom stereocenters. The number of hydrogen-bond donors (Lipinski definition) is 0. The second-order valence-electron chi connectivity index (χ2n) is 3.84. The Bertz CT molecular complexity index is 671. The van der Waals surface area contributed by atoms with Crippen LogP contribution in [-0.4, -0.2) is 0 Å². The lowest BCUT2D eigenvalue weighted by atomic mass is 10.1. The first kappa shape index (κ1) is 9.97. The summed E-state index contributed by atoms with van der Waals surface area (Å²) >= 11 is 0. The number of aromatic nitrogens is 1. The zero-order chi connectivity index (χ0) is 11.7. The van der Waals surface area contributed by atoms with E-state index in [1.807, 2.05) is 42.6 Å². The summed E-state index contributed by atoms with van der Waals surface area (Å²) in [5.74, 6) is -0.246. The van der Waals surface area contributed by atoms with Crippen molar-refractivity contribution < 1.29 is 8.96 Å². The molecule has 1 aromatic heterocycles. The zero-order valence-electron chi connectivity index (χ0n) is 9.10. The van der Waals surface area contributed by atoms with E-state index in [9.17, 15) is 4.39 Å². The maximum atomic E-state index is 13.2. The summed E-state index contributed by atoms with van der Waals surface area (Å²) in [4.78, 5) is 0. The second kappa shape index (κ2) is 3.98. The molecule has 0 unspecified atom stereocenters. The second-order valence-corrected chi connectivity index (χ2v) is 3.84. The third-order valence-corrected chi connectivity index (χ3v) is 2.72. The molecule has 0 fully saturated rings. The quantitative estimate of drug-likeness (QED) is 0.558. The van der Waals surface area contributed by atoms with E-state index in [1.54, 1.807) is 10.6 Å². The lowest BCUT2D eigenvalue weighted by Gasteiger charge is -2.00. The van der Waals surface area contributed by atoms with E-state index in [0.717, 1.165) is 16.5 Å². The van der Waals surface area contributed by atoms with E-state index in [-0.39, 0.29) is 5.82 Å². The van der Waals surface area contributed by atoms with Crippen molar-refractivity contribution >= 4 is 10.8 Å². The molecule has 0 aliphatic rings. The number of hydrogen-bond acceptors (Lipinski definition) is 0. The number of halogens is 1. The molecule has 3 rings (SSSR count). The zero-order valence-corrected chi connectivity index (χ0v) is 9.10. The average Bonchev–Trinajstić information content (AvgIpc) is 2.38. The van der Waals surface area contributed by atoms with Gasteiger partial charge in [0.1, 0.15) is 0 Å². The molecule has 0 saturated carbocycles. The van der Waals surface area contributed by atoms with Gasteiger partial charge in [0.05, 0.1) is 5.39 Å². The molecule has 0 aliphatic heterocycles. The van der Waals surface area contributed by atoms with Crippen molar-refractivity contribution in [2.24, 2.45) is 0 Å². The van der Waals surface area contributed by atoms with Gasteiger partial charge in [0.25, 0.3) is 0 Å². The normalized spacial score (nSPS) is 10.6. The maximum absolute atomic E-state index is 13.2. The Morgan fingerprint density at radius 2 is 1.94 bits per heavy atom. The summed E-state index contributed by atoms with van der Waals surface area (Å²) in [5.41, 5.74) is 0.957. The van der Waals surface area contributed by atoms with Crippen LogP contribution in [0, 0.1) is 11.9 Å². The van der Waals surface area contributed by atoms with E-state index >= 15 is 0 Å². The molecular weight excluding hydrogens is 213 g/mol. The van der Waals surface area contributed by atoms with Crippen molar-refractivity contribution in [1.82, 2.24) is 0 Å². The number of fused-ring (bicyclic) bond motifs is 1. The molecule has 0 bridgehead atoms. The highest BCUT2D eigenvalue weighted by atomic mass is 19.1. The smallest absolute Gasteiger partial charge is 0.200 e. The molecule has 2 heteroatoms. The number of rotatable bonds is 1. The van der Waals surface area contributed by atoms with Crippen LogP contribution in [0.3, 0.4) is 0 Å². The van der Waals surface area contributed by atoms with Gasteiger partial charge in [-0.25, -0.2) is 4.39 Å². The summed E-state index contributed by atoms with van der Waals surface area (Å²) in [6.07, 6.45) is 3.31.